The second-order valence-electron chi connectivity index (χ2n) is 4.45. The molecule has 1 aromatic rings. The number of carbonyl (C=O) groups is 1. The molecule has 4 nitrogen and oxygen atoms in total. The first-order chi connectivity index (χ1) is 7.95. The van der Waals surface area contributed by atoms with E-state index < -0.39 is 0 Å². The molecule has 0 aliphatic carbocycles. The van der Waals surface area contributed by atoms with E-state index in [2.05, 4.69) is 5.32 Å². The minimum atomic E-state index is -0.130. The van der Waals surface area contributed by atoms with Crippen LogP contribution in [-0.4, -0.2) is 23.1 Å². The summed E-state index contributed by atoms with van der Waals surface area (Å²) in [6, 6.07) is 1.64. The van der Waals surface area contributed by atoms with Gasteiger partial charge < -0.3 is 15.6 Å². The average Bonchev–Trinajstić information content (AvgIpc) is 2.66. The lowest BCUT2D eigenvalue weighted by Crippen LogP contribution is -2.40. The van der Waals surface area contributed by atoms with E-state index in [1.54, 1.807) is 12.3 Å². The van der Waals surface area contributed by atoms with Crippen LogP contribution < -0.4 is 11.1 Å². The molecule has 3 N–H and O–H groups in total. The van der Waals surface area contributed by atoms with Crippen molar-refractivity contribution in [2.24, 2.45) is 11.7 Å². The largest absolute Gasteiger partial charge is 0.349 e. The molecule has 0 fully saturated rings. The normalized spacial score (nSPS) is 12.8. The highest BCUT2D eigenvalue weighted by Crippen LogP contribution is 2.14. The predicted molar refractivity (Wildman–Crippen MR) is 70.3 cm³/mol. The molecule has 0 aromatic carbocycles. The Morgan fingerprint density at radius 3 is 2.76 bits per heavy atom. The van der Waals surface area contributed by atoms with Crippen LogP contribution in [0, 0.1) is 5.92 Å². The molecule has 0 saturated heterocycles. The summed E-state index contributed by atoms with van der Waals surface area (Å²) in [6.07, 6.45) is 1.75. The van der Waals surface area contributed by atoms with Gasteiger partial charge in [0.05, 0.1) is 5.02 Å². The van der Waals surface area contributed by atoms with Gasteiger partial charge in [-0.15, -0.1) is 0 Å². The predicted octanol–water partition coefficient (Wildman–Crippen LogP) is 1.87. The molecule has 0 aliphatic heterocycles. The van der Waals surface area contributed by atoms with E-state index in [-0.39, 0.29) is 11.9 Å². The van der Waals surface area contributed by atoms with Gasteiger partial charge >= 0.3 is 0 Å². The van der Waals surface area contributed by atoms with Gasteiger partial charge in [-0.2, -0.15) is 0 Å². The van der Waals surface area contributed by atoms with Gasteiger partial charge in [-0.3, -0.25) is 4.79 Å². The van der Waals surface area contributed by atoms with Gasteiger partial charge in [0.15, 0.2) is 0 Å². The first kappa shape index (κ1) is 14.1. The van der Waals surface area contributed by atoms with Gasteiger partial charge in [-0.25, -0.2) is 0 Å². The lowest BCUT2D eigenvalue weighted by Gasteiger charge is -2.16. The minimum absolute atomic E-state index is 0.0283. The molecule has 0 saturated carbocycles. The van der Waals surface area contributed by atoms with E-state index in [1.165, 1.54) is 0 Å². The maximum absolute atomic E-state index is 11.9. The smallest absolute Gasteiger partial charge is 0.268 e. The Balaban J connectivity index is 2.63. The summed E-state index contributed by atoms with van der Waals surface area (Å²) in [5.41, 5.74) is 6.45. The highest BCUT2D eigenvalue weighted by molar-refractivity contribution is 6.31. The van der Waals surface area contributed by atoms with Crippen molar-refractivity contribution < 1.29 is 4.79 Å². The maximum atomic E-state index is 11.9. The van der Waals surface area contributed by atoms with Crippen molar-refractivity contribution in [1.82, 2.24) is 9.88 Å². The van der Waals surface area contributed by atoms with E-state index in [4.69, 9.17) is 17.3 Å². The number of carbonyl (C=O) groups excluding carboxylic acids is 1. The third kappa shape index (κ3) is 3.75. The van der Waals surface area contributed by atoms with Crippen LogP contribution in [0.5, 0.6) is 0 Å². The molecule has 1 unspecified atom stereocenters. The molecule has 1 atom stereocenters. The highest BCUT2D eigenvalue weighted by Gasteiger charge is 2.14. The number of amides is 1. The number of aryl methyl sites for hydroxylation is 1. The van der Waals surface area contributed by atoms with E-state index >= 15 is 0 Å². The Hall–Kier alpha value is -1.00. The number of nitrogens with two attached hydrogens (primary N) is 1. The number of halogens is 1. The summed E-state index contributed by atoms with van der Waals surface area (Å²) >= 11 is 5.88. The second-order valence-corrected chi connectivity index (χ2v) is 4.88. The second kappa shape index (κ2) is 6.07. The fourth-order valence-corrected chi connectivity index (χ4v) is 1.68. The lowest BCUT2D eigenvalue weighted by molar-refractivity contribution is 0.0940. The maximum Gasteiger partial charge on any atom is 0.268 e. The highest BCUT2D eigenvalue weighted by atomic mass is 35.5. The monoisotopic (exact) mass is 257 g/mol. The molecule has 1 heterocycles. The number of nitrogens with zero attached hydrogens (tertiary/aromatic N) is 1. The van der Waals surface area contributed by atoms with Gasteiger partial charge in [-0.05, 0) is 18.9 Å². The number of nitrogens with one attached hydrogen (secondary N) is 1. The van der Waals surface area contributed by atoms with E-state index in [1.807, 2.05) is 25.3 Å². The van der Waals surface area contributed by atoms with Crippen LogP contribution in [0.1, 0.15) is 31.3 Å². The zero-order chi connectivity index (χ0) is 13.0. The van der Waals surface area contributed by atoms with Gasteiger partial charge in [0.2, 0.25) is 0 Å². The van der Waals surface area contributed by atoms with Gasteiger partial charge in [0, 0.05) is 25.3 Å². The standard InChI is InChI=1S/C12H20ClN3O/c1-4-16-7-9(13)5-11(16)12(17)15-6-10(14)8(2)3/h5,7-8,10H,4,6,14H2,1-3H3,(H,15,17). The Kier molecular flexibility index (Phi) is 5.02. The van der Waals surface area contributed by atoms with Crippen molar-refractivity contribution in [2.75, 3.05) is 6.54 Å². The third-order valence-electron chi connectivity index (χ3n) is 2.79. The topological polar surface area (TPSA) is 60.0 Å². The average molecular weight is 258 g/mol. The molecule has 0 bridgehead atoms. The van der Waals surface area contributed by atoms with Crippen molar-refractivity contribution in [3.8, 4) is 0 Å². The summed E-state index contributed by atoms with van der Waals surface area (Å²) in [5.74, 6) is 0.215. The van der Waals surface area contributed by atoms with Crippen molar-refractivity contribution >= 4 is 17.5 Å². The fraction of sp³-hybridized carbons (Fsp3) is 0.583. The van der Waals surface area contributed by atoms with E-state index in [0.717, 1.165) is 0 Å². The number of hydrogen-bond donors (Lipinski definition) is 2. The van der Waals surface area contributed by atoms with Crippen LogP contribution in [0.2, 0.25) is 5.02 Å². The Labute approximate surface area is 107 Å². The Morgan fingerprint density at radius 2 is 2.24 bits per heavy atom. The fourth-order valence-electron chi connectivity index (χ4n) is 1.46. The number of rotatable bonds is 5. The molecule has 1 aromatic heterocycles. The lowest BCUT2D eigenvalue weighted by atomic mass is 10.1. The van der Waals surface area contributed by atoms with Crippen LogP contribution >= 0.6 is 11.6 Å². The summed E-state index contributed by atoms with van der Waals surface area (Å²) in [7, 11) is 0. The molecule has 0 aliphatic rings. The molecule has 0 spiro atoms. The van der Waals surface area contributed by atoms with Crippen LogP contribution in [0.3, 0.4) is 0 Å². The van der Waals surface area contributed by atoms with Crippen LogP contribution in [0.25, 0.3) is 0 Å². The molecular weight excluding hydrogens is 238 g/mol. The van der Waals surface area contributed by atoms with Gasteiger partial charge in [0.1, 0.15) is 5.69 Å². The SMILES string of the molecule is CCn1cc(Cl)cc1C(=O)NCC(N)C(C)C. The first-order valence-corrected chi connectivity index (χ1v) is 6.23. The van der Waals surface area contributed by atoms with Crippen LogP contribution in [0.4, 0.5) is 0 Å². The quantitative estimate of drug-likeness (QED) is 0.846. The molecule has 1 amide bonds. The van der Waals surface area contributed by atoms with E-state index in [9.17, 15) is 4.79 Å². The van der Waals surface area contributed by atoms with Gasteiger partial charge in [0.25, 0.3) is 5.91 Å². The van der Waals surface area contributed by atoms with Gasteiger partial charge in [-0.1, -0.05) is 25.4 Å². The van der Waals surface area contributed by atoms with Crippen molar-refractivity contribution in [3.63, 3.8) is 0 Å². The Bertz CT molecular complexity index is 387. The molecule has 5 heteroatoms. The molecule has 17 heavy (non-hydrogen) atoms. The zero-order valence-corrected chi connectivity index (χ0v) is 11.3. The molecule has 0 radical (unpaired) electrons. The van der Waals surface area contributed by atoms with Crippen molar-refractivity contribution in [3.05, 3.63) is 23.0 Å². The summed E-state index contributed by atoms with van der Waals surface area (Å²) in [4.78, 5) is 11.9. The van der Waals surface area contributed by atoms with Crippen molar-refractivity contribution in [2.45, 2.75) is 33.4 Å². The molecular formula is C12H20ClN3O. The number of hydrogen-bond acceptors (Lipinski definition) is 2. The molecule has 96 valence electrons. The third-order valence-corrected chi connectivity index (χ3v) is 3.00. The number of aromatic nitrogens is 1. The molecule has 1 rings (SSSR count). The van der Waals surface area contributed by atoms with Crippen molar-refractivity contribution in [1.29, 1.82) is 0 Å². The summed E-state index contributed by atoms with van der Waals surface area (Å²) < 4.78 is 1.82. The first-order valence-electron chi connectivity index (χ1n) is 5.85. The van der Waals surface area contributed by atoms with Crippen LogP contribution in [0.15, 0.2) is 12.3 Å². The summed E-state index contributed by atoms with van der Waals surface area (Å²) in [5, 5.41) is 3.40. The van der Waals surface area contributed by atoms with E-state index in [0.29, 0.717) is 29.7 Å². The summed E-state index contributed by atoms with van der Waals surface area (Å²) in [6.45, 7) is 7.21. The Morgan fingerprint density at radius 1 is 1.59 bits per heavy atom. The zero-order valence-electron chi connectivity index (χ0n) is 10.5. The minimum Gasteiger partial charge on any atom is -0.349 e. The van der Waals surface area contributed by atoms with Crippen LogP contribution in [-0.2, 0) is 6.54 Å².